The number of carbonyl (C=O) groups excluding carboxylic acids is 2. The first-order valence-electron chi connectivity index (χ1n) is 7.14. The van der Waals surface area contributed by atoms with Gasteiger partial charge in [-0.15, -0.1) is 0 Å². The third kappa shape index (κ3) is 6.40. The Hall–Kier alpha value is -1.88. The van der Waals surface area contributed by atoms with E-state index < -0.39 is 5.54 Å². The van der Waals surface area contributed by atoms with Gasteiger partial charge in [0.1, 0.15) is 0 Å². The lowest BCUT2D eigenvalue weighted by Crippen LogP contribution is -2.48. The van der Waals surface area contributed by atoms with Crippen LogP contribution in [0.3, 0.4) is 0 Å². The summed E-state index contributed by atoms with van der Waals surface area (Å²) in [6, 6.07) is 7.42. The largest absolute Gasteiger partial charge is 0.350 e. The van der Waals surface area contributed by atoms with Gasteiger partial charge in [-0.25, -0.2) is 0 Å². The van der Waals surface area contributed by atoms with Crippen LogP contribution in [0.25, 0.3) is 0 Å². The number of rotatable bonds is 6. The second-order valence-corrected chi connectivity index (χ2v) is 6.25. The van der Waals surface area contributed by atoms with Crippen LogP contribution < -0.4 is 16.4 Å². The molecule has 5 heteroatoms. The zero-order valence-corrected chi connectivity index (χ0v) is 13.2. The first-order chi connectivity index (χ1) is 9.68. The van der Waals surface area contributed by atoms with Crippen molar-refractivity contribution >= 4 is 17.5 Å². The van der Waals surface area contributed by atoms with Crippen molar-refractivity contribution in [3.05, 3.63) is 29.8 Å². The highest BCUT2D eigenvalue weighted by molar-refractivity contribution is 5.90. The van der Waals surface area contributed by atoms with E-state index in [0.717, 1.165) is 11.3 Å². The molecule has 0 aliphatic heterocycles. The van der Waals surface area contributed by atoms with Gasteiger partial charge in [-0.2, -0.15) is 0 Å². The average molecular weight is 291 g/mol. The molecule has 0 atom stereocenters. The Morgan fingerprint density at radius 2 is 1.95 bits per heavy atom. The topological polar surface area (TPSA) is 84.2 Å². The molecule has 0 fully saturated rings. The van der Waals surface area contributed by atoms with Gasteiger partial charge >= 0.3 is 0 Å². The van der Waals surface area contributed by atoms with Gasteiger partial charge in [-0.05, 0) is 37.5 Å². The highest BCUT2D eigenvalue weighted by Crippen LogP contribution is 2.12. The van der Waals surface area contributed by atoms with Gasteiger partial charge in [0.05, 0.1) is 5.54 Å². The number of benzene rings is 1. The van der Waals surface area contributed by atoms with Crippen molar-refractivity contribution in [1.29, 1.82) is 0 Å². The summed E-state index contributed by atoms with van der Waals surface area (Å²) in [6.07, 6.45) is 0.488. The van der Waals surface area contributed by atoms with Gasteiger partial charge in [0, 0.05) is 18.7 Å². The number of amides is 2. The van der Waals surface area contributed by atoms with E-state index >= 15 is 0 Å². The van der Waals surface area contributed by atoms with E-state index in [1.807, 2.05) is 38.1 Å². The van der Waals surface area contributed by atoms with E-state index in [1.165, 1.54) is 0 Å². The summed E-state index contributed by atoms with van der Waals surface area (Å²) in [7, 11) is 0. The Labute approximate surface area is 126 Å². The number of hydrogen-bond donors (Lipinski definition) is 3. The fraction of sp³-hybridized carbons (Fsp3) is 0.500. The van der Waals surface area contributed by atoms with Crippen molar-refractivity contribution in [2.75, 3.05) is 5.32 Å². The predicted molar refractivity (Wildman–Crippen MR) is 84.6 cm³/mol. The Kier molecular flexibility index (Phi) is 5.90. The molecule has 0 aliphatic rings. The third-order valence-electron chi connectivity index (χ3n) is 2.84. The van der Waals surface area contributed by atoms with Crippen LogP contribution in [0.5, 0.6) is 0 Å². The molecular formula is C16H25N3O2. The minimum atomic E-state index is -0.900. The SMILES string of the molecule is CC(C)CC(=O)Nc1cccc(CNC(=O)C(C)(C)N)c1. The van der Waals surface area contributed by atoms with Crippen LogP contribution in [0.15, 0.2) is 24.3 Å². The molecule has 1 rings (SSSR count). The molecule has 5 nitrogen and oxygen atoms in total. The van der Waals surface area contributed by atoms with Crippen LogP contribution in [-0.2, 0) is 16.1 Å². The maximum absolute atomic E-state index is 11.7. The monoisotopic (exact) mass is 291 g/mol. The molecule has 0 spiro atoms. The van der Waals surface area contributed by atoms with E-state index in [1.54, 1.807) is 13.8 Å². The molecule has 0 bridgehead atoms. The fourth-order valence-electron chi connectivity index (χ4n) is 1.75. The van der Waals surface area contributed by atoms with Crippen molar-refractivity contribution in [2.45, 2.75) is 46.2 Å². The summed E-state index contributed by atoms with van der Waals surface area (Å²) in [5.41, 5.74) is 6.46. The van der Waals surface area contributed by atoms with E-state index in [0.29, 0.717) is 18.9 Å². The van der Waals surface area contributed by atoms with E-state index in [4.69, 9.17) is 5.73 Å². The molecule has 0 radical (unpaired) electrons. The van der Waals surface area contributed by atoms with Gasteiger partial charge in [0.15, 0.2) is 0 Å². The fourth-order valence-corrected chi connectivity index (χ4v) is 1.75. The summed E-state index contributed by atoms with van der Waals surface area (Å²) in [5, 5.41) is 5.63. The van der Waals surface area contributed by atoms with E-state index in [9.17, 15) is 9.59 Å². The third-order valence-corrected chi connectivity index (χ3v) is 2.84. The summed E-state index contributed by atoms with van der Waals surface area (Å²) in [6.45, 7) is 7.70. The first-order valence-corrected chi connectivity index (χ1v) is 7.14. The molecule has 0 heterocycles. The summed E-state index contributed by atoms with van der Waals surface area (Å²) < 4.78 is 0. The molecule has 0 saturated heterocycles. The normalized spacial score (nSPS) is 11.3. The maximum atomic E-state index is 11.7. The molecule has 1 aromatic carbocycles. The predicted octanol–water partition coefficient (Wildman–Crippen LogP) is 2.02. The Balaban J connectivity index is 2.60. The van der Waals surface area contributed by atoms with Gasteiger partial charge < -0.3 is 16.4 Å². The zero-order valence-electron chi connectivity index (χ0n) is 13.2. The van der Waals surface area contributed by atoms with E-state index in [-0.39, 0.29) is 11.8 Å². The van der Waals surface area contributed by atoms with Crippen molar-refractivity contribution in [2.24, 2.45) is 11.7 Å². The average Bonchev–Trinajstić information content (AvgIpc) is 2.34. The standard InChI is InChI=1S/C16H25N3O2/c1-11(2)8-14(20)19-13-7-5-6-12(9-13)10-18-15(21)16(3,4)17/h5-7,9,11H,8,10,17H2,1-4H3,(H,18,21)(H,19,20). The zero-order chi connectivity index (χ0) is 16.0. The molecule has 0 unspecified atom stereocenters. The first kappa shape index (κ1) is 17.2. The van der Waals surface area contributed by atoms with Crippen molar-refractivity contribution in [1.82, 2.24) is 5.32 Å². The minimum Gasteiger partial charge on any atom is -0.350 e. The van der Waals surface area contributed by atoms with Crippen LogP contribution in [0.4, 0.5) is 5.69 Å². The smallest absolute Gasteiger partial charge is 0.239 e. The second kappa shape index (κ2) is 7.22. The number of nitrogens with one attached hydrogen (secondary N) is 2. The molecule has 21 heavy (non-hydrogen) atoms. The van der Waals surface area contributed by atoms with Crippen LogP contribution >= 0.6 is 0 Å². The molecule has 1 aromatic rings. The van der Waals surface area contributed by atoms with Crippen molar-refractivity contribution < 1.29 is 9.59 Å². The summed E-state index contributed by atoms with van der Waals surface area (Å²) in [4.78, 5) is 23.5. The van der Waals surface area contributed by atoms with Crippen LogP contribution in [0.1, 0.15) is 39.7 Å². The lowest BCUT2D eigenvalue weighted by atomic mass is 10.1. The Bertz CT molecular complexity index is 504. The van der Waals surface area contributed by atoms with Crippen LogP contribution in [0, 0.1) is 5.92 Å². The quantitative estimate of drug-likeness (QED) is 0.749. The Morgan fingerprint density at radius 1 is 1.29 bits per heavy atom. The molecule has 2 amide bonds. The van der Waals surface area contributed by atoms with Crippen molar-refractivity contribution in [3.8, 4) is 0 Å². The number of nitrogens with two attached hydrogens (primary N) is 1. The highest BCUT2D eigenvalue weighted by atomic mass is 16.2. The minimum absolute atomic E-state index is 0.00530. The van der Waals surface area contributed by atoms with Gasteiger partial charge in [-0.1, -0.05) is 26.0 Å². The molecule has 116 valence electrons. The molecule has 4 N–H and O–H groups in total. The number of anilines is 1. The van der Waals surface area contributed by atoms with Crippen LogP contribution in [0.2, 0.25) is 0 Å². The highest BCUT2D eigenvalue weighted by Gasteiger charge is 2.21. The van der Waals surface area contributed by atoms with Gasteiger partial charge in [0.25, 0.3) is 0 Å². The maximum Gasteiger partial charge on any atom is 0.239 e. The molecule has 0 aliphatic carbocycles. The van der Waals surface area contributed by atoms with Crippen LogP contribution in [-0.4, -0.2) is 17.4 Å². The molecular weight excluding hydrogens is 266 g/mol. The van der Waals surface area contributed by atoms with Gasteiger partial charge in [0.2, 0.25) is 11.8 Å². The Morgan fingerprint density at radius 3 is 2.52 bits per heavy atom. The number of carbonyl (C=O) groups is 2. The summed E-state index contributed by atoms with van der Waals surface area (Å²) >= 11 is 0. The van der Waals surface area contributed by atoms with Crippen molar-refractivity contribution in [3.63, 3.8) is 0 Å². The lowest BCUT2D eigenvalue weighted by Gasteiger charge is -2.18. The van der Waals surface area contributed by atoms with Gasteiger partial charge in [-0.3, -0.25) is 9.59 Å². The van der Waals surface area contributed by atoms with E-state index in [2.05, 4.69) is 10.6 Å². The molecule has 0 saturated carbocycles. The second-order valence-electron chi connectivity index (χ2n) is 6.25. The number of hydrogen-bond acceptors (Lipinski definition) is 3. The lowest BCUT2D eigenvalue weighted by molar-refractivity contribution is -0.125. The summed E-state index contributed by atoms with van der Waals surface area (Å²) in [5.74, 6) is 0.102. The molecule has 0 aromatic heterocycles.